The number of anilines is 2. The maximum Gasteiger partial charge on any atom is 0.241 e. The van der Waals surface area contributed by atoms with E-state index >= 15 is 0 Å². The molecular weight excluding hydrogens is 376 g/mol. The highest BCUT2D eigenvalue weighted by molar-refractivity contribution is 5.96. The monoisotopic (exact) mass is 408 g/mol. The van der Waals surface area contributed by atoms with Crippen molar-refractivity contribution in [1.29, 1.82) is 0 Å². The number of rotatable bonds is 6. The molecule has 2 aliphatic rings. The molecule has 2 aliphatic heterocycles. The fraction of sp³-hybridized carbons (Fsp3) is 0.522. The molecule has 160 valence electrons. The Labute approximate surface area is 179 Å². The highest BCUT2D eigenvalue weighted by Gasteiger charge is 2.27. The second-order valence-corrected chi connectivity index (χ2v) is 8.71. The average molecular weight is 409 g/mol. The van der Waals surface area contributed by atoms with Crippen LogP contribution in [0.25, 0.3) is 0 Å². The summed E-state index contributed by atoms with van der Waals surface area (Å²) in [5.74, 6) is 1.95. The third-order valence-corrected chi connectivity index (χ3v) is 6.08. The third-order valence-electron chi connectivity index (χ3n) is 6.08. The van der Waals surface area contributed by atoms with Gasteiger partial charge in [0, 0.05) is 38.9 Å². The summed E-state index contributed by atoms with van der Waals surface area (Å²) in [6, 6.07) is 10.5. The van der Waals surface area contributed by atoms with Gasteiger partial charge in [0.2, 0.25) is 5.91 Å². The van der Waals surface area contributed by atoms with Crippen LogP contribution >= 0.6 is 0 Å². The second-order valence-electron chi connectivity index (χ2n) is 8.71. The lowest BCUT2D eigenvalue weighted by molar-refractivity contribution is -0.119. The molecule has 1 aromatic carbocycles. The van der Waals surface area contributed by atoms with Crippen LogP contribution in [0.2, 0.25) is 0 Å². The minimum atomic E-state index is 0.139. The molecule has 0 unspecified atom stereocenters. The van der Waals surface area contributed by atoms with Crippen LogP contribution in [-0.4, -0.2) is 73.5 Å². The Kier molecular flexibility index (Phi) is 6.01. The zero-order chi connectivity index (χ0) is 21.3. The second kappa shape index (κ2) is 8.70. The summed E-state index contributed by atoms with van der Waals surface area (Å²) in [4.78, 5) is 30.9. The number of amides is 1. The molecule has 4 rings (SSSR count). The number of para-hydroxylation sites is 1. The normalized spacial score (nSPS) is 18.8. The number of carbonyl (C=O) groups excluding carboxylic acids is 1. The van der Waals surface area contributed by atoms with Gasteiger partial charge in [-0.2, -0.15) is 0 Å². The number of likely N-dealkylation sites (tertiary alicyclic amines) is 1. The number of hydrogen-bond donors (Lipinski definition) is 0. The van der Waals surface area contributed by atoms with Crippen LogP contribution in [0.4, 0.5) is 11.5 Å². The van der Waals surface area contributed by atoms with Gasteiger partial charge >= 0.3 is 0 Å². The van der Waals surface area contributed by atoms with Crippen LogP contribution in [0.15, 0.2) is 30.3 Å². The average Bonchev–Trinajstić information content (AvgIpc) is 3.33. The first-order chi connectivity index (χ1) is 14.4. The quantitative estimate of drug-likeness (QED) is 0.731. The van der Waals surface area contributed by atoms with Gasteiger partial charge in [0.25, 0.3) is 0 Å². The van der Waals surface area contributed by atoms with E-state index in [0.29, 0.717) is 13.1 Å². The molecule has 1 amide bonds. The van der Waals surface area contributed by atoms with Gasteiger partial charge in [-0.3, -0.25) is 14.6 Å². The molecule has 1 aromatic heterocycles. The molecule has 0 aliphatic carbocycles. The maximum absolute atomic E-state index is 12.9. The molecule has 7 heteroatoms. The predicted octanol–water partition coefficient (Wildman–Crippen LogP) is 2.33. The zero-order valence-corrected chi connectivity index (χ0v) is 18.5. The van der Waals surface area contributed by atoms with E-state index in [-0.39, 0.29) is 11.9 Å². The number of carbonyl (C=O) groups is 1. The number of aromatic nitrogens is 2. The first-order valence-electron chi connectivity index (χ1n) is 10.7. The smallest absolute Gasteiger partial charge is 0.241 e. The molecule has 0 radical (unpaired) electrons. The number of nitrogens with zero attached hydrogens (tertiary/aromatic N) is 6. The van der Waals surface area contributed by atoms with E-state index in [1.165, 1.54) is 12.0 Å². The predicted molar refractivity (Wildman–Crippen MR) is 120 cm³/mol. The van der Waals surface area contributed by atoms with E-state index in [2.05, 4.69) is 18.0 Å². The van der Waals surface area contributed by atoms with E-state index in [1.807, 2.05) is 60.1 Å². The molecule has 2 aromatic rings. The SMILES string of the molecule is CN(CC(=O)N1CCc2ccccc21)Cc1cc(N(C)C)nc([C@@H]2CCCN2C)n1. The molecule has 0 spiro atoms. The zero-order valence-electron chi connectivity index (χ0n) is 18.5. The molecule has 0 saturated carbocycles. The first kappa shape index (κ1) is 20.8. The topological polar surface area (TPSA) is 55.8 Å². The molecule has 0 bridgehead atoms. The Morgan fingerprint density at radius 3 is 2.70 bits per heavy atom. The van der Waals surface area contributed by atoms with Crippen LogP contribution < -0.4 is 9.80 Å². The number of likely N-dealkylation sites (N-methyl/N-ethyl adjacent to an activating group) is 1. The highest BCUT2D eigenvalue weighted by atomic mass is 16.2. The van der Waals surface area contributed by atoms with Crippen molar-refractivity contribution in [1.82, 2.24) is 19.8 Å². The summed E-state index contributed by atoms with van der Waals surface area (Å²) in [5.41, 5.74) is 3.27. The van der Waals surface area contributed by atoms with Crippen LogP contribution in [0.1, 0.15) is 36.0 Å². The Bertz CT molecular complexity index is 914. The third kappa shape index (κ3) is 4.32. The lowest BCUT2D eigenvalue weighted by Crippen LogP contribution is -2.38. The summed E-state index contributed by atoms with van der Waals surface area (Å²) in [7, 11) is 8.14. The van der Waals surface area contributed by atoms with Gasteiger partial charge in [0.15, 0.2) is 0 Å². The van der Waals surface area contributed by atoms with Crippen molar-refractivity contribution in [2.24, 2.45) is 0 Å². The van der Waals surface area contributed by atoms with E-state index < -0.39 is 0 Å². The molecule has 0 N–H and O–H groups in total. The highest BCUT2D eigenvalue weighted by Crippen LogP contribution is 2.30. The summed E-state index contributed by atoms with van der Waals surface area (Å²) < 4.78 is 0. The van der Waals surface area contributed by atoms with Gasteiger partial charge in [0.1, 0.15) is 11.6 Å². The minimum absolute atomic E-state index is 0.139. The molecule has 1 saturated heterocycles. The Morgan fingerprint density at radius 1 is 1.17 bits per heavy atom. The molecule has 1 fully saturated rings. The standard InChI is InChI=1S/C23H32N6O/c1-26(2)21-14-18(24-23(25-21)20-10-7-12-28(20)4)15-27(3)16-22(30)29-13-11-17-8-5-6-9-19(17)29/h5-6,8-9,14,20H,7,10-13,15-16H2,1-4H3/t20-/m0/s1. The van der Waals surface area contributed by atoms with Crippen LogP contribution in [0.3, 0.4) is 0 Å². The molecular formula is C23H32N6O. The summed E-state index contributed by atoms with van der Waals surface area (Å²) in [6.45, 7) is 2.84. The van der Waals surface area contributed by atoms with E-state index in [4.69, 9.17) is 9.97 Å². The van der Waals surface area contributed by atoms with E-state index in [1.54, 1.807) is 0 Å². The van der Waals surface area contributed by atoms with Gasteiger partial charge in [-0.05, 0) is 51.5 Å². The molecule has 3 heterocycles. The van der Waals surface area contributed by atoms with Gasteiger partial charge in [-0.25, -0.2) is 9.97 Å². The van der Waals surface area contributed by atoms with Crippen molar-refractivity contribution >= 4 is 17.4 Å². The number of benzene rings is 1. The van der Waals surface area contributed by atoms with Crippen LogP contribution in [0.5, 0.6) is 0 Å². The Balaban J connectivity index is 1.47. The van der Waals surface area contributed by atoms with Gasteiger partial charge < -0.3 is 9.80 Å². The lowest BCUT2D eigenvalue weighted by Gasteiger charge is -2.24. The summed E-state index contributed by atoms with van der Waals surface area (Å²) in [6.07, 6.45) is 3.20. The fourth-order valence-electron chi connectivity index (χ4n) is 4.44. The van der Waals surface area contributed by atoms with Crippen molar-refractivity contribution in [2.75, 3.05) is 57.6 Å². The Hall–Kier alpha value is -2.51. The van der Waals surface area contributed by atoms with Crippen LogP contribution in [-0.2, 0) is 17.8 Å². The fourth-order valence-corrected chi connectivity index (χ4v) is 4.44. The Morgan fingerprint density at radius 2 is 1.97 bits per heavy atom. The number of fused-ring (bicyclic) bond motifs is 1. The molecule has 1 atom stereocenters. The van der Waals surface area contributed by atoms with Crippen molar-refractivity contribution in [2.45, 2.75) is 31.8 Å². The largest absolute Gasteiger partial charge is 0.363 e. The lowest BCUT2D eigenvalue weighted by atomic mass is 10.2. The van der Waals surface area contributed by atoms with Crippen molar-refractivity contribution in [3.8, 4) is 0 Å². The molecule has 30 heavy (non-hydrogen) atoms. The first-order valence-corrected chi connectivity index (χ1v) is 10.7. The van der Waals surface area contributed by atoms with Gasteiger partial charge in [-0.1, -0.05) is 18.2 Å². The van der Waals surface area contributed by atoms with Crippen molar-refractivity contribution in [3.63, 3.8) is 0 Å². The van der Waals surface area contributed by atoms with Crippen molar-refractivity contribution < 1.29 is 4.79 Å². The van der Waals surface area contributed by atoms with Crippen LogP contribution in [0, 0.1) is 0 Å². The van der Waals surface area contributed by atoms with Gasteiger partial charge in [0.05, 0.1) is 18.3 Å². The molecule has 7 nitrogen and oxygen atoms in total. The minimum Gasteiger partial charge on any atom is -0.363 e. The summed E-state index contributed by atoms with van der Waals surface area (Å²) in [5, 5.41) is 0. The maximum atomic E-state index is 12.9. The number of hydrogen-bond acceptors (Lipinski definition) is 6. The van der Waals surface area contributed by atoms with Gasteiger partial charge in [-0.15, -0.1) is 0 Å². The summed E-state index contributed by atoms with van der Waals surface area (Å²) >= 11 is 0. The van der Waals surface area contributed by atoms with E-state index in [9.17, 15) is 4.79 Å². The van der Waals surface area contributed by atoms with Crippen molar-refractivity contribution in [3.05, 3.63) is 47.4 Å². The van der Waals surface area contributed by atoms with E-state index in [0.717, 1.165) is 49.0 Å².